The van der Waals surface area contributed by atoms with E-state index in [1.54, 1.807) is 69.4 Å². The van der Waals surface area contributed by atoms with Gasteiger partial charge in [0, 0.05) is 18.3 Å². The van der Waals surface area contributed by atoms with E-state index in [1.807, 2.05) is 31.2 Å². The number of nitrogens with zero attached hydrogens (tertiary/aromatic N) is 2. The molecule has 0 spiro atoms. The molecule has 0 aromatic heterocycles. The van der Waals surface area contributed by atoms with Crippen molar-refractivity contribution in [2.45, 2.75) is 26.9 Å². The Hall–Kier alpha value is -4.57. The summed E-state index contributed by atoms with van der Waals surface area (Å²) in [6.07, 6.45) is 1.44. The second-order valence-corrected chi connectivity index (χ2v) is 10.5. The van der Waals surface area contributed by atoms with E-state index in [0.717, 1.165) is 5.56 Å². The summed E-state index contributed by atoms with van der Waals surface area (Å²) in [4.78, 5) is 44.4. The predicted molar refractivity (Wildman–Crippen MR) is 161 cm³/mol. The van der Waals surface area contributed by atoms with Crippen molar-refractivity contribution in [3.63, 3.8) is 0 Å². The van der Waals surface area contributed by atoms with Gasteiger partial charge in [0.05, 0.1) is 29.4 Å². The number of hydrogen-bond donors (Lipinski definition) is 1. The Morgan fingerprint density at radius 2 is 1.80 bits per heavy atom. The molecule has 41 heavy (non-hydrogen) atoms. The summed E-state index contributed by atoms with van der Waals surface area (Å²) < 4.78 is 16.6. The van der Waals surface area contributed by atoms with Gasteiger partial charge in [-0.2, -0.15) is 0 Å². The van der Waals surface area contributed by atoms with Gasteiger partial charge >= 0.3 is 5.97 Å². The zero-order valence-corrected chi connectivity index (χ0v) is 24.3. The first-order valence-corrected chi connectivity index (χ1v) is 13.7. The van der Waals surface area contributed by atoms with Crippen LogP contribution in [-0.2, 0) is 14.3 Å². The standard InChI is InChI=1S/C31H31N3O6S/c1-19(2)40-30(37)22-9-6-10-24(16-22)33-31-34(4)29(36)26(41-31)17-21-8-7-11-25(38-5)28(21)39-18-27(35)32-23-14-12-20(3)13-15-23/h6-17,19H,18H2,1-5H3,(H,32,35)/b26-17-,33-31?. The van der Waals surface area contributed by atoms with E-state index in [0.29, 0.717) is 44.1 Å². The average molecular weight is 574 g/mol. The average Bonchev–Trinajstić information content (AvgIpc) is 3.20. The summed E-state index contributed by atoms with van der Waals surface area (Å²) in [6.45, 7) is 5.28. The molecule has 0 radical (unpaired) electrons. The van der Waals surface area contributed by atoms with Gasteiger partial charge in [0.15, 0.2) is 23.3 Å². The van der Waals surface area contributed by atoms with Gasteiger partial charge in [0.2, 0.25) is 0 Å². The minimum absolute atomic E-state index is 0.243. The van der Waals surface area contributed by atoms with Crippen molar-refractivity contribution in [2.24, 2.45) is 4.99 Å². The number of rotatable bonds is 9. The highest BCUT2D eigenvalue weighted by Crippen LogP contribution is 2.38. The number of aliphatic imine (C=N–C) groups is 1. The Kier molecular flexibility index (Phi) is 9.46. The first-order chi connectivity index (χ1) is 19.6. The molecule has 212 valence electrons. The van der Waals surface area contributed by atoms with Crippen molar-refractivity contribution in [1.29, 1.82) is 0 Å². The first kappa shape index (κ1) is 29.4. The van der Waals surface area contributed by atoms with E-state index in [1.165, 1.54) is 23.8 Å². The SMILES string of the molecule is COc1cccc(/C=C2\SC(=Nc3cccc(C(=O)OC(C)C)c3)N(C)C2=O)c1OCC(=O)Nc1ccc(C)cc1. The summed E-state index contributed by atoms with van der Waals surface area (Å²) in [6, 6.07) is 19.4. The minimum Gasteiger partial charge on any atom is -0.493 e. The van der Waals surface area contributed by atoms with Gasteiger partial charge in [-0.25, -0.2) is 9.79 Å². The molecule has 2 amide bonds. The van der Waals surface area contributed by atoms with Crippen molar-refractivity contribution in [3.8, 4) is 11.5 Å². The van der Waals surface area contributed by atoms with Crippen LogP contribution in [0.3, 0.4) is 0 Å². The molecule has 1 saturated heterocycles. The maximum Gasteiger partial charge on any atom is 0.338 e. The molecule has 1 fully saturated rings. The van der Waals surface area contributed by atoms with Crippen molar-refractivity contribution in [2.75, 3.05) is 26.1 Å². The lowest BCUT2D eigenvalue weighted by atomic mass is 10.1. The number of ether oxygens (including phenoxy) is 3. The molecule has 1 N–H and O–H groups in total. The number of carbonyl (C=O) groups is 3. The van der Waals surface area contributed by atoms with Gasteiger partial charge in [-0.05, 0) is 75.0 Å². The fraction of sp³-hybridized carbons (Fsp3) is 0.226. The van der Waals surface area contributed by atoms with Crippen LogP contribution in [0.15, 0.2) is 76.6 Å². The van der Waals surface area contributed by atoms with E-state index in [9.17, 15) is 14.4 Å². The number of carbonyl (C=O) groups excluding carboxylic acids is 3. The number of methoxy groups -OCH3 is 1. The van der Waals surface area contributed by atoms with Crippen LogP contribution in [0.1, 0.15) is 35.3 Å². The van der Waals surface area contributed by atoms with Crippen molar-refractivity contribution in [1.82, 2.24) is 4.90 Å². The zero-order valence-electron chi connectivity index (χ0n) is 23.5. The van der Waals surface area contributed by atoms with Crippen LogP contribution in [0, 0.1) is 6.92 Å². The lowest BCUT2D eigenvalue weighted by Gasteiger charge is -2.14. The Morgan fingerprint density at radius 3 is 2.51 bits per heavy atom. The second kappa shape index (κ2) is 13.2. The molecule has 0 bridgehead atoms. The smallest absolute Gasteiger partial charge is 0.338 e. The molecule has 3 aromatic rings. The Morgan fingerprint density at radius 1 is 1.07 bits per heavy atom. The quantitative estimate of drug-likeness (QED) is 0.254. The monoisotopic (exact) mass is 573 g/mol. The summed E-state index contributed by atoms with van der Waals surface area (Å²) in [5.74, 6) is -0.276. The molecule has 9 nitrogen and oxygen atoms in total. The number of benzene rings is 3. The third-order valence-corrected chi connectivity index (χ3v) is 6.91. The molecule has 0 aliphatic carbocycles. The van der Waals surface area contributed by atoms with Crippen LogP contribution in [-0.4, -0.2) is 54.7 Å². The lowest BCUT2D eigenvalue weighted by molar-refractivity contribution is -0.121. The second-order valence-electron chi connectivity index (χ2n) is 9.46. The molecule has 0 saturated carbocycles. The molecule has 1 aliphatic heterocycles. The molecule has 10 heteroatoms. The number of hydrogen-bond acceptors (Lipinski definition) is 8. The van der Waals surface area contributed by atoms with E-state index < -0.39 is 5.97 Å². The summed E-state index contributed by atoms with van der Waals surface area (Å²) >= 11 is 1.19. The highest BCUT2D eigenvalue weighted by molar-refractivity contribution is 8.18. The zero-order chi connectivity index (χ0) is 29.5. The van der Waals surface area contributed by atoms with Gasteiger partial charge in [-0.15, -0.1) is 0 Å². The molecule has 1 aliphatic rings. The summed E-state index contributed by atoms with van der Waals surface area (Å²) in [5, 5.41) is 3.24. The van der Waals surface area contributed by atoms with Crippen LogP contribution in [0.4, 0.5) is 11.4 Å². The third-order valence-electron chi connectivity index (χ3n) is 5.85. The highest BCUT2D eigenvalue weighted by atomic mass is 32.2. The molecular weight excluding hydrogens is 542 g/mol. The minimum atomic E-state index is -0.441. The molecule has 0 unspecified atom stereocenters. The van der Waals surface area contributed by atoms with E-state index in [2.05, 4.69) is 10.3 Å². The van der Waals surface area contributed by atoms with Gasteiger partial charge in [-0.3, -0.25) is 14.5 Å². The van der Waals surface area contributed by atoms with Gasteiger partial charge < -0.3 is 19.5 Å². The van der Waals surface area contributed by atoms with Gasteiger partial charge in [-0.1, -0.05) is 35.9 Å². The number of aryl methyl sites for hydroxylation is 1. The van der Waals surface area contributed by atoms with Crippen molar-refractivity contribution >= 4 is 52.2 Å². The number of amides is 2. The molecule has 3 aromatic carbocycles. The molecular formula is C31H31N3O6S. The van der Waals surface area contributed by atoms with Crippen molar-refractivity contribution < 1.29 is 28.6 Å². The number of likely N-dealkylation sites (N-methyl/N-ethyl adjacent to an activating group) is 1. The fourth-order valence-electron chi connectivity index (χ4n) is 3.82. The van der Waals surface area contributed by atoms with Crippen LogP contribution < -0.4 is 14.8 Å². The van der Waals surface area contributed by atoms with Gasteiger partial charge in [0.25, 0.3) is 11.8 Å². The number of anilines is 1. The number of amidine groups is 1. The summed E-state index contributed by atoms with van der Waals surface area (Å²) in [7, 11) is 3.13. The van der Waals surface area contributed by atoms with E-state index >= 15 is 0 Å². The maximum atomic E-state index is 13.1. The maximum absolute atomic E-state index is 13.1. The van der Waals surface area contributed by atoms with Crippen LogP contribution in [0.5, 0.6) is 11.5 Å². The lowest BCUT2D eigenvalue weighted by Crippen LogP contribution is -2.23. The normalized spacial score (nSPS) is 15.0. The number of esters is 1. The Balaban J connectivity index is 1.54. The topological polar surface area (TPSA) is 107 Å². The highest BCUT2D eigenvalue weighted by Gasteiger charge is 2.31. The van der Waals surface area contributed by atoms with E-state index in [4.69, 9.17) is 14.2 Å². The number of para-hydroxylation sites is 1. The van der Waals surface area contributed by atoms with Crippen molar-refractivity contribution in [3.05, 3.63) is 88.3 Å². The van der Waals surface area contributed by atoms with Crippen LogP contribution in [0.25, 0.3) is 6.08 Å². The summed E-state index contributed by atoms with van der Waals surface area (Å²) in [5.41, 5.74) is 3.20. The van der Waals surface area contributed by atoms with Crippen LogP contribution >= 0.6 is 11.8 Å². The Bertz CT molecular complexity index is 1510. The van der Waals surface area contributed by atoms with Gasteiger partial charge in [0.1, 0.15) is 0 Å². The largest absolute Gasteiger partial charge is 0.493 e. The number of thioether (sulfide) groups is 1. The molecule has 0 atom stereocenters. The van der Waals surface area contributed by atoms with E-state index in [-0.39, 0.29) is 24.5 Å². The first-order valence-electron chi connectivity index (χ1n) is 12.9. The Labute approximate surface area is 243 Å². The van der Waals surface area contributed by atoms with Crippen LogP contribution in [0.2, 0.25) is 0 Å². The molecule has 1 heterocycles. The predicted octanol–water partition coefficient (Wildman–Crippen LogP) is 5.82. The molecule has 4 rings (SSSR count). The number of nitrogens with one attached hydrogen (secondary N) is 1. The fourth-order valence-corrected chi connectivity index (χ4v) is 4.80. The third kappa shape index (κ3) is 7.55.